The van der Waals surface area contributed by atoms with Crippen molar-refractivity contribution in [3.05, 3.63) is 24.5 Å². The lowest BCUT2D eigenvalue weighted by Gasteiger charge is -2.07. The van der Waals surface area contributed by atoms with E-state index in [1.807, 2.05) is 29.1 Å². The van der Waals surface area contributed by atoms with Crippen molar-refractivity contribution in [2.45, 2.75) is 32.4 Å². The van der Waals surface area contributed by atoms with E-state index in [1.54, 1.807) is 6.92 Å². The van der Waals surface area contributed by atoms with E-state index >= 15 is 0 Å². The van der Waals surface area contributed by atoms with Crippen LogP contribution in [0.3, 0.4) is 0 Å². The first-order chi connectivity index (χ1) is 7.18. The van der Waals surface area contributed by atoms with Gasteiger partial charge in [0.2, 0.25) is 5.91 Å². The van der Waals surface area contributed by atoms with E-state index in [9.17, 15) is 4.79 Å². The zero-order valence-electron chi connectivity index (χ0n) is 9.02. The highest BCUT2D eigenvalue weighted by Crippen LogP contribution is 1.95. The van der Waals surface area contributed by atoms with Crippen molar-refractivity contribution in [1.29, 1.82) is 0 Å². The molecule has 4 nitrogen and oxygen atoms in total. The average molecular weight is 210 g/mol. The van der Waals surface area contributed by atoms with Gasteiger partial charge in [-0.1, -0.05) is 0 Å². The highest BCUT2D eigenvalue weighted by atomic mass is 16.3. The van der Waals surface area contributed by atoms with Crippen LogP contribution in [-0.4, -0.2) is 28.2 Å². The zero-order valence-corrected chi connectivity index (χ0v) is 9.02. The fourth-order valence-electron chi connectivity index (χ4n) is 1.27. The number of amides is 1. The number of rotatable bonds is 6. The van der Waals surface area contributed by atoms with Crippen LogP contribution >= 0.6 is 0 Å². The van der Waals surface area contributed by atoms with Gasteiger partial charge in [0.05, 0.1) is 6.10 Å². The second-order valence-corrected chi connectivity index (χ2v) is 3.66. The minimum atomic E-state index is -0.403. The van der Waals surface area contributed by atoms with Gasteiger partial charge in [0, 0.05) is 31.9 Å². The van der Waals surface area contributed by atoms with Crippen LogP contribution in [0.15, 0.2) is 24.5 Å². The smallest absolute Gasteiger partial charge is 0.220 e. The van der Waals surface area contributed by atoms with E-state index in [2.05, 4.69) is 5.32 Å². The summed E-state index contributed by atoms with van der Waals surface area (Å²) in [5.41, 5.74) is 0. The Hall–Kier alpha value is -1.29. The number of nitrogens with one attached hydrogen (secondary N) is 1. The summed E-state index contributed by atoms with van der Waals surface area (Å²) in [7, 11) is 0. The lowest BCUT2D eigenvalue weighted by molar-refractivity contribution is -0.121. The van der Waals surface area contributed by atoms with Gasteiger partial charge in [-0.2, -0.15) is 0 Å². The van der Waals surface area contributed by atoms with Gasteiger partial charge in [-0.05, 0) is 25.5 Å². The Kier molecular flexibility index (Phi) is 4.90. The highest BCUT2D eigenvalue weighted by Gasteiger charge is 2.02. The maximum absolute atomic E-state index is 11.2. The number of hydrogen-bond acceptors (Lipinski definition) is 2. The van der Waals surface area contributed by atoms with Crippen LogP contribution in [0.5, 0.6) is 0 Å². The summed E-state index contributed by atoms with van der Waals surface area (Å²) in [4.78, 5) is 11.2. The second-order valence-electron chi connectivity index (χ2n) is 3.66. The third kappa shape index (κ3) is 5.22. The van der Waals surface area contributed by atoms with Gasteiger partial charge in [-0.3, -0.25) is 4.79 Å². The zero-order chi connectivity index (χ0) is 11.1. The molecular weight excluding hydrogens is 192 g/mol. The largest absolute Gasteiger partial charge is 0.393 e. The standard InChI is InChI=1S/C11H18N2O2/c1-10(14)4-5-11(15)12-6-9-13-7-2-3-8-13/h2-3,7-8,10,14H,4-6,9H2,1H3,(H,12,15). The van der Waals surface area contributed by atoms with Crippen molar-refractivity contribution in [3.63, 3.8) is 0 Å². The summed E-state index contributed by atoms with van der Waals surface area (Å²) in [5, 5.41) is 11.8. The van der Waals surface area contributed by atoms with Gasteiger partial charge in [0.1, 0.15) is 0 Å². The molecule has 0 spiro atoms. The molecule has 1 unspecified atom stereocenters. The minimum Gasteiger partial charge on any atom is -0.393 e. The minimum absolute atomic E-state index is 0.00283. The fourth-order valence-corrected chi connectivity index (χ4v) is 1.27. The van der Waals surface area contributed by atoms with Gasteiger partial charge in [0.15, 0.2) is 0 Å². The van der Waals surface area contributed by atoms with Gasteiger partial charge in [-0.15, -0.1) is 0 Å². The van der Waals surface area contributed by atoms with Crippen LogP contribution in [0, 0.1) is 0 Å². The number of hydrogen-bond donors (Lipinski definition) is 2. The molecule has 0 fully saturated rings. The summed E-state index contributed by atoms with van der Waals surface area (Å²) < 4.78 is 2.01. The SMILES string of the molecule is CC(O)CCC(=O)NCCn1cccc1. The van der Waals surface area contributed by atoms with Crippen LogP contribution in [0.1, 0.15) is 19.8 Å². The van der Waals surface area contributed by atoms with Crippen molar-refractivity contribution >= 4 is 5.91 Å². The molecule has 2 N–H and O–H groups in total. The summed E-state index contributed by atoms with van der Waals surface area (Å²) in [6.07, 6.45) is 4.43. The van der Waals surface area contributed by atoms with E-state index in [-0.39, 0.29) is 5.91 Å². The van der Waals surface area contributed by atoms with E-state index in [0.717, 1.165) is 6.54 Å². The maximum atomic E-state index is 11.2. The molecule has 1 aromatic rings. The number of aliphatic hydroxyl groups excluding tert-OH is 1. The van der Waals surface area contributed by atoms with E-state index in [4.69, 9.17) is 5.11 Å². The molecule has 0 aromatic carbocycles. The van der Waals surface area contributed by atoms with E-state index < -0.39 is 6.10 Å². The van der Waals surface area contributed by atoms with Crippen LogP contribution < -0.4 is 5.32 Å². The van der Waals surface area contributed by atoms with E-state index in [1.165, 1.54) is 0 Å². The van der Waals surface area contributed by atoms with Gasteiger partial charge in [0.25, 0.3) is 0 Å². The summed E-state index contributed by atoms with van der Waals surface area (Å²) >= 11 is 0. The molecule has 1 rings (SSSR count). The molecule has 15 heavy (non-hydrogen) atoms. The molecule has 0 aliphatic rings. The van der Waals surface area contributed by atoms with Crippen molar-refractivity contribution < 1.29 is 9.90 Å². The Balaban J connectivity index is 2.07. The summed E-state index contributed by atoms with van der Waals surface area (Å²) in [6, 6.07) is 3.91. The van der Waals surface area contributed by atoms with Crippen LogP contribution in [0.25, 0.3) is 0 Å². The molecular formula is C11H18N2O2. The number of aromatic nitrogens is 1. The number of carbonyl (C=O) groups excluding carboxylic acids is 1. The Morgan fingerprint density at radius 2 is 2.13 bits per heavy atom. The Morgan fingerprint density at radius 1 is 1.47 bits per heavy atom. The highest BCUT2D eigenvalue weighted by molar-refractivity contribution is 5.75. The molecule has 0 radical (unpaired) electrons. The molecule has 0 bridgehead atoms. The third-order valence-corrected chi connectivity index (χ3v) is 2.15. The van der Waals surface area contributed by atoms with Crippen molar-refractivity contribution in [1.82, 2.24) is 9.88 Å². The lowest BCUT2D eigenvalue weighted by atomic mass is 10.2. The molecule has 84 valence electrons. The van der Waals surface area contributed by atoms with Crippen LogP contribution in [0.4, 0.5) is 0 Å². The van der Waals surface area contributed by atoms with Crippen LogP contribution in [-0.2, 0) is 11.3 Å². The molecule has 0 aliphatic carbocycles. The fraction of sp³-hybridized carbons (Fsp3) is 0.545. The first-order valence-corrected chi connectivity index (χ1v) is 5.24. The van der Waals surface area contributed by atoms with Crippen molar-refractivity contribution in [2.75, 3.05) is 6.54 Å². The Bertz CT molecular complexity index is 281. The molecule has 1 aromatic heterocycles. The number of nitrogens with zero attached hydrogens (tertiary/aromatic N) is 1. The van der Waals surface area contributed by atoms with Crippen LogP contribution in [0.2, 0.25) is 0 Å². The molecule has 0 saturated heterocycles. The monoisotopic (exact) mass is 210 g/mol. The molecule has 1 heterocycles. The molecule has 1 atom stereocenters. The predicted molar refractivity (Wildman–Crippen MR) is 58.4 cm³/mol. The lowest BCUT2D eigenvalue weighted by Crippen LogP contribution is -2.27. The quantitative estimate of drug-likeness (QED) is 0.728. The van der Waals surface area contributed by atoms with E-state index in [0.29, 0.717) is 19.4 Å². The Labute approximate surface area is 89.9 Å². The second kappa shape index (κ2) is 6.24. The maximum Gasteiger partial charge on any atom is 0.220 e. The first kappa shape index (κ1) is 11.8. The predicted octanol–water partition coefficient (Wildman–Crippen LogP) is 0.765. The van der Waals surface area contributed by atoms with Crippen molar-refractivity contribution in [2.24, 2.45) is 0 Å². The normalized spacial score (nSPS) is 12.4. The van der Waals surface area contributed by atoms with Crippen molar-refractivity contribution in [3.8, 4) is 0 Å². The summed E-state index contributed by atoms with van der Waals surface area (Å²) in [5.74, 6) is 0.00283. The van der Waals surface area contributed by atoms with Gasteiger partial charge in [-0.25, -0.2) is 0 Å². The molecule has 4 heteroatoms. The Morgan fingerprint density at radius 3 is 2.73 bits per heavy atom. The topological polar surface area (TPSA) is 54.3 Å². The first-order valence-electron chi connectivity index (χ1n) is 5.24. The summed E-state index contributed by atoms with van der Waals surface area (Å²) in [6.45, 7) is 3.11. The average Bonchev–Trinajstić information content (AvgIpc) is 2.67. The number of aliphatic hydroxyl groups is 1. The van der Waals surface area contributed by atoms with Gasteiger partial charge < -0.3 is 15.0 Å². The molecule has 1 amide bonds. The third-order valence-electron chi connectivity index (χ3n) is 2.15. The molecule has 0 saturated carbocycles. The van der Waals surface area contributed by atoms with Gasteiger partial charge >= 0.3 is 0 Å². The molecule has 0 aliphatic heterocycles. The number of carbonyl (C=O) groups is 1.